The summed E-state index contributed by atoms with van der Waals surface area (Å²) in [5, 5.41) is 3.17. The molecular weight excluding hydrogens is 270 g/mol. The van der Waals surface area contributed by atoms with Crippen LogP contribution in [0.5, 0.6) is 17.4 Å². The van der Waals surface area contributed by atoms with Crippen molar-refractivity contribution < 1.29 is 14.2 Å². The zero-order valence-electron chi connectivity index (χ0n) is 12.6. The minimum atomic E-state index is 0.529. The first-order valence-corrected chi connectivity index (χ1v) is 6.50. The first-order valence-electron chi connectivity index (χ1n) is 6.50. The Kier molecular flexibility index (Phi) is 4.81. The Labute approximate surface area is 124 Å². The van der Waals surface area contributed by atoms with E-state index in [0.29, 0.717) is 29.9 Å². The summed E-state index contributed by atoms with van der Waals surface area (Å²) < 4.78 is 15.6. The van der Waals surface area contributed by atoms with Crippen LogP contribution < -0.4 is 19.5 Å². The molecule has 1 aromatic carbocycles. The summed E-state index contributed by atoms with van der Waals surface area (Å²) in [6.07, 6.45) is 0. The van der Waals surface area contributed by atoms with Gasteiger partial charge < -0.3 is 19.5 Å². The molecule has 0 unspecified atom stereocenters. The topological polar surface area (TPSA) is 65.5 Å². The van der Waals surface area contributed by atoms with Gasteiger partial charge in [-0.25, -0.2) is 4.98 Å². The minimum Gasteiger partial charge on any atom is -0.493 e. The predicted octanol–water partition coefficient (Wildman–Crippen LogP) is 2.42. The SMILES string of the molecule is COc1cc(C)nc(NCc2ccc(OC)c(OC)c2)n1. The maximum atomic E-state index is 5.28. The Morgan fingerprint density at radius 2 is 1.71 bits per heavy atom. The smallest absolute Gasteiger partial charge is 0.226 e. The number of anilines is 1. The van der Waals surface area contributed by atoms with Crippen molar-refractivity contribution in [3.63, 3.8) is 0 Å². The standard InChI is InChI=1S/C15H19N3O3/c1-10-7-14(21-4)18-15(17-10)16-9-11-5-6-12(19-2)13(8-11)20-3/h5-8H,9H2,1-4H3,(H,16,17,18). The van der Waals surface area contributed by atoms with Crippen LogP contribution in [0.15, 0.2) is 24.3 Å². The Balaban J connectivity index is 2.11. The van der Waals surface area contributed by atoms with Gasteiger partial charge in [-0.3, -0.25) is 0 Å². The number of ether oxygens (including phenoxy) is 3. The fourth-order valence-electron chi connectivity index (χ4n) is 1.90. The molecule has 112 valence electrons. The normalized spacial score (nSPS) is 10.1. The van der Waals surface area contributed by atoms with Gasteiger partial charge in [-0.2, -0.15) is 4.98 Å². The van der Waals surface area contributed by atoms with Crippen LogP contribution in [-0.2, 0) is 6.54 Å². The average molecular weight is 289 g/mol. The number of methoxy groups -OCH3 is 3. The second-order valence-corrected chi connectivity index (χ2v) is 4.42. The quantitative estimate of drug-likeness (QED) is 0.881. The zero-order chi connectivity index (χ0) is 15.2. The minimum absolute atomic E-state index is 0.529. The molecule has 2 aromatic rings. The first-order chi connectivity index (χ1) is 10.2. The lowest BCUT2D eigenvalue weighted by atomic mass is 10.2. The van der Waals surface area contributed by atoms with Gasteiger partial charge in [0.05, 0.1) is 21.3 Å². The van der Waals surface area contributed by atoms with E-state index in [9.17, 15) is 0 Å². The van der Waals surface area contributed by atoms with Gasteiger partial charge >= 0.3 is 0 Å². The molecule has 0 saturated carbocycles. The van der Waals surface area contributed by atoms with Gasteiger partial charge in [-0.1, -0.05) is 6.07 Å². The molecule has 0 fully saturated rings. The van der Waals surface area contributed by atoms with Crippen molar-refractivity contribution in [3.8, 4) is 17.4 Å². The summed E-state index contributed by atoms with van der Waals surface area (Å²) >= 11 is 0. The Morgan fingerprint density at radius 3 is 2.38 bits per heavy atom. The molecule has 6 heteroatoms. The molecule has 0 saturated heterocycles. The summed E-state index contributed by atoms with van der Waals surface area (Å²) in [5.74, 6) is 2.47. The van der Waals surface area contributed by atoms with E-state index < -0.39 is 0 Å². The fraction of sp³-hybridized carbons (Fsp3) is 0.333. The number of nitrogens with one attached hydrogen (secondary N) is 1. The highest BCUT2D eigenvalue weighted by molar-refractivity contribution is 5.44. The van der Waals surface area contributed by atoms with Gasteiger partial charge in [-0.15, -0.1) is 0 Å². The van der Waals surface area contributed by atoms with Crippen LogP contribution >= 0.6 is 0 Å². The third-order valence-electron chi connectivity index (χ3n) is 2.94. The second-order valence-electron chi connectivity index (χ2n) is 4.42. The molecule has 6 nitrogen and oxygen atoms in total. The van der Waals surface area contributed by atoms with Crippen molar-refractivity contribution in [2.24, 2.45) is 0 Å². The average Bonchev–Trinajstić information content (AvgIpc) is 2.52. The van der Waals surface area contributed by atoms with E-state index in [1.165, 1.54) is 0 Å². The highest BCUT2D eigenvalue weighted by atomic mass is 16.5. The molecular formula is C15H19N3O3. The van der Waals surface area contributed by atoms with Crippen molar-refractivity contribution >= 4 is 5.95 Å². The lowest BCUT2D eigenvalue weighted by molar-refractivity contribution is 0.354. The molecule has 0 bridgehead atoms. The maximum Gasteiger partial charge on any atom is 0.226 e. The summed E-state index contributed by atoms with van der Waals surface area (Å²) in [6.45, 7) is 2.47. The van der Waals surface area contributed by atoms with Crippen LogP contribution in [0.4, 0.5) is 5.95 Å². The molecule has 1 N–H and O–H groups in total. The zero-order valence-corrected chi connectivity index (χ0v) is 12.6. The summed E-state index contributed by atoms with van der Waals surface area (Å²) in [6, 6.07) is 7.52. The number of rotatable bonds is 6. The lowest BCUT2D eigenvalue weighted by Gasteiger charge is -2.11. The monoisotopic (exact) mass is 289 g/mol. The number of benzene rings is 1. The Morgan fingerprint density at radius 1 is 0.952 bits per heavy atom. The number of hydrogen-bond acceptors (Lipinski definition) is 6. The van der Waals surface area contributed by atoms with E-state index in [0.717, 1.165) is 11.3 Å². The van der Waals surface area contributed by atoms with E-state index in [-0.39, 0.29) is 0 Å². The van der Waals surface area contributed by atoms with Crippen LogP contribution in [-0.4, -0.2) is 31.3 Å². The van der Waals surface area contributed by atoms with Crippen molar-refractivity contribution in [2.75, 3.05) is 26.6 Å². The first kappa shape index (κ1) is 14.9. The van der Waals surface area contributed by atoms with Crippen molar-refractivity contribution in [1.82, 2.24) is 9.97 Å². The molecule has 1 aromatic heterocycles. The van der Waals surface area contributed by atoms with Gasteiger partial charge in [0, 0.05) is 18.3 Å². The van der Waals surface area contributed by atoms with Crippen molar-refractivity contribution in [2.45, 2.75) is 13.5 Å². The molecule has 0 atom stereocenters. The number of nitrogens with zero attached hydrogens (tertiary/aromatic N) is 2. The molecule has 0 radical (unpaired) electrons. The highest BCUT2D eigenvalue weighted by Gasteiger charge is 2.06. The Hall–Kier alpha value is -2.50. The molecule has 0 spiro atoms. The highest BCUT2D eigenvalue weighted by Crippen LogP contribution is 2.27. The molecule has 0 amide bonds. The van der Waals surface area contributed by atoms with E-state index in [1.54, 1.807) is 27.4 Å². The van der Waals surface area contributed by atoms with Crippen LogP contribution in [0.1, 0.15) is 11.3 Å². The second kappa shape index (κ2) is 6.78. The molecule has 21 heavy (non-hydrogen) atoms. The van der Waals surface area contributed by atoms with E-state index >= 15 is 0 Å². The van der Waals surface area contributed by atoms with Crippen LogP contribution in [0.25, 0.3) is 0 Å². The molecule has 1 heterocycles. The largest absolute Gasteiger partial charge is 0.493 e. The summed E-state index contributed by atoms with van der Waals surface area (Å²) in [7, 11) is 4.81. The maximum absolute atomic E-state index is 5.28. The summed E-state index contributed by atoms with van der Waals surface area (Å²) in [4.78, 5) is 8.56. The molecule has 0 aliphatic carbocycles. The molecule has 2 rings (SSSR count). The van der Waals surface area contributed by atoms with Crippen molar-refractivity contribution in [3.05, 3.63) is 35.5 Å². The fourth-order valence-corrected chi connectivity index (χ4v) is 1.90. The summed E-state index contributed by atoms with van der Waals surface area (Å²) in [5.41, 5.74) is 1.88. The van der Waals surface area contributed by atoms with Gasteiger partial charge in [0.2, 0.25) is 11.8 Å². The molecule has 0 aliphatic rings. The van der Waals surface area contributed by atoms with Gasteiger partial charge in [0.15, 0.2) is 11.5 Å². The Bertz CT molecular complexity index is 617. The van der Waals surface area contributed by atoms with E-state index in [1.807, 2.05) is 25.1 Å². The molecule has 0 aliphatic heterocycles. The van der Waals surface area contributed by atoms with Gasteiger partial charge in [0.1, 0.15) is 0 Å². The van der Waals surface area contributed by atoms with Gasteiger partial charge in [0.25, 0.3) is 0 Å². The third kappa shape index (κ3) is 3.75. The van der Waals surface area contributed by atoms with Crippen LogP contribution in [0.3, 0.4) is 0 Å². The van der Waals surface area contributed by atoms with Crippen LogP contribution in [0.2, 0.25) is 0 Å². The van der Waals surface area contributed by atoms with Crippen molar-refractivity contribution in [1.29, 1.82) is 0 Å². The van der Waals surface area contributed by atoms with Crippen LogP contribution in [0, 0.1) is 6.92 Å². The predicted molar refractivity (Wildman–Crippen MR) is 80.2 cm³/mol. The van der Waals surface area contributed by atoms with Gasteiger partial charge in [-0.05, 0) is 24.6 Å². The number of aryl methyl sites for hydroxylation is 1. The number of aromatic nitrogens is 2. The third-order valence-corrected chi connectivity index (χ3v) is 2.94. The van der Waals surface area contributed by atoms with E-state index in [4.69, 9.17) is 14.2 Å². The lowest BCUT2D eigenvalue weighted by Crippen LogP contribution is -2.05. The van der Waals surface area contributed by atoms with E-state index in [2.05, 4.69) is 15.3 Å². The number of hydrogen-bond donors (Lipinski definition) is 1.